The van der Waals surface area contributed by atoms with Crippen LogP contribution >= 0.6 is 0 Å². The van der Waals surface area contributed by atoms with E-state index in [0.29, 0.717) is 32.7 Å². The summed E-state index contributed by atoms with van der Waals surface area (Å²) in [6, 6.07) is 5.67. The van der Waals surface area contributed by atoms with Gasteiger partial charge in [0.25, 0.3) is 5.91 Å². The molecule has 2 aliphatic heterocycles. The van der Waals surface area contributed by atoms with Crippen molar-refractivity contribution >= 4 is 17.7 Å². The molecule has 28 heavy (non-hydrogen) atoms. The molecule has 2 heterocycles. The normalized spacial score (nSPS) is 18.0. The summed E-state index contributed by atoms with van der Waals surface area (Å²) in [5, 5.41) is 2.48. The number of hydrogen-bond donors (Lipinski definition) is 1. The fraction of sp³-hybridized carbons (Fsp3) is 0.550. The minimum absolute atomic E-state index is 0.0728. The van der Waals surface area contributed by atoms with Gasteiger partial charge < -0.3 is 15.1 Å². The second-order valence-corrected chi connectivity index (χ2v) is 7.26. The van der Waals surface area contributed by atoms with E-state index in [0.717, 1.165) is 25.9 Å². The Balaban J connectivity index is 1.39. The van der Waals surface area contributed by atoms with Crippen LogP contribution in [0.1, 0.15) is 29.6 Å². The number of nitrogens with one attached hydrogen (secondary N) is 1. The zero-order valence-electron chi connectivity index (χ0n) is 16.0. The van der Waals surface area contributed by atoms with Crippen LogP contribution in [0, 0.1) is 5.82 Å². The molecular weight excluding hydrogens is 363 g/mol. The zero-order valence-corrected chi connectivity index (χ0v) is 16.0. The highest BCUT2D eigenvalue weighted by molar-refractivity contribution is 5.96. The van der Waals surface area contributed by atoms with Crippen molar-refractivity contribution in [2.75, 3.05) is 52.4 Å². The summed E-state index contributed by atoms with van der Waals surface area (Å²) in [6.45, 7) is 4.21. The fourth-order valence-electron chi connectivity index (χ4n) is 3.60. The number of halogens is 1. The number of amides is 3. The molecule has 1 aromatic carbocycles. The van der Waals surface area contributed by atoms with Crippen LogP contribution in [-0.2, 0) is 9.59 Å². The Morgan fingerprint density at radius 2 is 1.50 bits per heavy atom. The number of piperidine rings is 1. The summed E-state index contributed by atoms with van der Waals surface area (Å²) in [5.41, 5.74) is -0.0728. The van der Waals surface area contributed by atoms with Gasteiger partial charge in [0.2, 0.25) is 11.8 Å². The molecule has 0 aliphatic carbocycles. The first-order chi connectivity index (χ1) is 13.5. The number of carbonyl (C=O) groups excluding carboxylic acids is 3. The van der Waals surface area contributed by atoms with Gasteiger partial charge in [0, 0.05) is 39.3 Å². The number of benzene rings is 1. The summed E-state index contributed by atoms with van der Waals surface area (Å²) in [6.07, 6.45) is 3.34. The molecule has 0 atom stereocenters. The molecule has 1 N–H and O–H groups in total. The largest absolute Gasteiger partial charge is 0.343 e. The standard InChI is InChI=1S/C20H27FN4O3/c21-17-7-3-2-6-16(17)20(28)22-14-18(26)25-12-10-23(11-13-25)15-19(27)24-8-4-1-5-9-24/h2-3,6-7H,1,4-5,8-15H2,(H,22,28). The maximum absolute atomic E-state index is 13.6. The number of carbonyl (C=O) groups is 3. The number of hydrogen-bond acceptors (Lipinski definition) is 4. The number of rotatable bonds is 5. The van der Waals surface area contributed by atoms with Gasteiger partial charge in [-0.2, -0.15) is 0 Å². The Kier molecular flexibility index (Phi) is 6.97. The van der Waals surface area contributed by atoms with E-state index in [4.69, 9.17) is 0 Å². The third kappa shape index (κ3) is 5.28. The van der Waals surface area contributed by atoms with E-state index in [1.54, 1.807) is 11.0 Å². The highest BCUT2D eigenvalue weighted by Gasteiger charge is 2.25. The topological polar surface area (TPSA) is 73.0 Å². The summed E-state index contributed by atoms with van der Waals surface area (Å²) >= 11 is 0. The third-order valence-corrected chi connectivity index (χ3v) is 5.31. The Bertz CT molecular complexity index is 713. The lowest BCUT2D eigenvalue weighted by atomic mass is 10.1. The lowest BCUT2D eigenvalue weighted by Crippen LogP contribution is -2.53. The number of piperazine rings is 1. The van der Waals surface area contributed by atoms with Crippen LogP contribution < -0.4 is 5.32 Å². The van der Waals surface area contributed by atoms with Crippen LogP contribution in [0.25, 0.3) is 0 Å². The first-order valence-corrected chi connectivity index (χ1v) is 9.85. The lowest BCUT2D eigenvalue weighted by molar-refractivity contribution is -0.135. The van der Waals surface area contributed by atoms with Crippen LogP contribution in [-0.4, -0.2) is 84.8 Å². The molecule has 0 bridgehead atoms. The quantitative estimate of drug-likeness (QED) is 0.804. The van der Waals surface area contributed by atoms with Crippen molar-refractivity contribution in [1.29, 1.82) is 0 Å². The molecule has 2 aliphatic rings. The highest BCUT2D eigenvalue weighted by Crippen LogP contribution is 2.10. The monoisotopic (exact) mass is 390 g/mol. The second kappa shape index (κ2) is 9.64. The molecule has 0 unspecified atom stereocenters. The van der Waals surface area contributed by atoms with Crippen LogP contribution in [0.2, 0.25) is 0 Å². The van der Waals surface area contributed by atoms with Crippen molar-refractivity contribution in [3.05, 3.63) is 35.6 Å². The molecule has 3 amide bonds. The molecule has 0 spiro atoms. The van der Waals surface area contributed by atoms with Crippen LogP contribution in [0.5, 0.6) is 0 Å². The van der Waals surface area contributed by atoms with E-state index in [9.17, 15) is 18.8 Å². The Hall–Kier alpha value is -2.48. The van der Waals surface area contributed by atoms with E-state index in [-0.39, 0.29) is 23.9 Å². The van der Waals surface area contributed by atoms with Gasteiger partial charge in [0.15, 0.2) is 0 Å². The average molecular weight is 390 g/mol. The third-order valence-electron chi connectivity index (χ3n) is 5.31. The second-order valence-electron chi connectivity index (χ2n) is 7.26. The molecular formula is C20H27FN4O3. The van der Waals surface area contributed by atoms with Crippen molar-refractivity contribution in [1.82, 2.24) is 20.0 Å². The molecule has 0 aromatic heterocycles. The molecule has 1 aromatic rings. The number of likely N-dealkylation sites (tertiary alicyclic amines) is 1. The smallest absolute Gasteiger partial charge is 0.254 e. The van der Waals surface area contributed by atoms with Crippen molar-refractivity contribution in [2.45, 2.75) is 19.3 Å². The molecule has 0 radical (unpaired) electrons. The lowest BCUT2D eigenvalue weighted by Gasteiger charge is -2.36. The van der Waals surface area contributed by atoms with Gasteiger partial charge in [0.05, 0.1) is 18.7 Å². The molecule has 7 nitrogen and oxygen atoms in total. The predicted molar refractivity (Wildman–Crippen MR) is 102 cm³/mol. The Morgan fingerprint density at radius 1 is 0.857 bits per heavy atom. The summed E-state index contributed by atoms with van der Waals surface area (Å²) < 4.78 is 13.6. The van der Waals surface area contributed by atoms with Gasteiger partial charge in [-0.3, -0.25) is 19.3 Å². The average Bonchev–Trinajstić information content (AvgIpc) is 2.73. The maximum Gasteiger partial charge on any atom is 0.254 e. The molecule has 8 heteroatoms. The van der Waals surface area contributed by atoms with Crippen molar-refractivity contribution in [2.24, 2.45) is 0 Å². The molecule has 152 valence electrons. The molecule has 2 fully saturated rings. The van der Waals surface area contributed by atoms with Gasteiger partial charge in [-0.15, -0.1) is 0 Å². The van der Waals surface area contributed by atoms with E-state index in [1.807, 2.05) is 4.90 Å². The summed E-state index contributed by atoms with van der Waals surface area (Å²) in [4.78, 5) is 42.3. The van der Waals surface area contributed by atoms with Crippen LogP contribution in [0.15, 0.2) is 24.3 Å². The van der Waals surface area contributed by atoms with Crippen molar-refractivity contribution in [3.8, 4) is 0 Å². The van der Waals surface area contributed by atoms with Crippen molar-refractivity contribution in [3.63, 3.8) is 0 Å². The minimum Gasteiger partial charge on any atom is -0.343 e. The summed E-state index contributed by atoms with van der Waals surface area (Å²) in [7, 11) is 0. The van der Waals surface area contributed by atoms with E-state index < -0.39 is 11.7 Å². The van der Waals surface area contributed by atoms with Gasteiger partial charge in [-0.05, 0) is 31.4 Å². The predicted octanol–water partition coefficient (Wildman–Crippen LogP) is 0.712. The Labute approximate surface area is 164 Å². The zero-order chi connectivity index (χ0) is 19.9. The van der Waals surface area contributed by atoms with Gasteiger partial charge in [-0.25, -0.2) is 4.39 Å². The van der Waals surface area contributed by atoms with E-state index in [2.05, 4.69) is 10.2 Å². The first-order valence-electron chi connectivity index (χ1n) is 9.85. The van der Waals surface area contributed by atoms with Crippen molar-refractivity contribution < 1.29 is 18.8 Å². The van der Waals surface area contributed by atoms with E-state index >= 15 is 0 Å². The van der Waals surface area contributed by atoms with Gasteiger partial charge in [-0.1, -0.05) is 12.1 Å². The van der Waals surface area contributed by atoms with Crippen LogP contribution in [0.3, 0.4) is 0 Å². The summed E-state index contributed by atoms with van der Waals surface area (Å²) in [5.74, 6) is -1.25. The SMILES string of the molecule is O=C(NCC(=O)N1CCN(CC(=O)N2CCCCC2)CC1)c1ccccc1F. The molecule has 2 saturated heterocycles. The highest BCUT2D eigenvalue weighted by atomic mass is 19.1. The van der Waals surface area contributed by atoms with Gasteiger partial charge in [0.1, 0.15) is 5.82 Å². The molecule has 0 saturated carbocycles. The maximum atomic E-state index is 13.6. The van der Waals surface area contributed by atoms with E-state index in [1.165, 1.54) is 24.6 Å². The van der Waals surface area contributed by atoms with Gasteiger partial charge >= 0.3 is 0 Å². The molecule has 3 rings (SSSR count). The number of nitrogens with zero attached hydrogens (tertiary/aromatic N) is 3. The fourth-order valence-corrected chi connectivity index (χ4v) is 3.60. The van der Waals surface area contributed by atoms with Crippen LogP contribution in [0.4, 0.5) is 4.39 Å². The minimum atomic E-state index is -0.612. The Morgan fingerprint density at radius 3 is 2.18 bits per heavy atom. The first kappa shape index (κ1) is 20.3.